The Morgan fingerprint density at radius 3 is 2.73 bits per heavy atom. The third kappa shape index (κ3) is 1.59. The van der Waals surface area contributed by atoms with Crippen LogP contribution in [-0.4, -0.2) is 50.3 Å². The van der Waals surface area contributed by atoms with Crippen LogP contribution in [0.1, 0.15) is 24.5 Å². The monoisotopic (exact) mass is 324 g/mol. The van der Waals surface area contributed by atoms with E-state index in [0.29, 0.717) is 17.8 Å². The molecule has 0 amide bonds. The van der Waals surface area contributed by atoms with Crippen LogP contribution in [0.2, 0.25) is 5.28 Å². The smallest absolute Gasteiger partial charge is 0.224 e. The zero-order valence-electron chi connectivity index (χ0n) is 11.7. The minimum Gasteiger partial charge on any atom is -0.396 e. The van der Waals surface area contributed by atoms with Crippen LogP contribution in [0.25, 0.3) is 0 Å². The van der Waals surface area contributed by atoms with Gasteiger partial charge in [-0.25, -0.2) is 4.98 Å². The minimum absolute atomic E-state index is 0.0277. The fourth-order valence-corrected chi connectivity index (χ4v) is 4.68. The molecule has 6 atom stereocenters. The SMILES string of the molecule is Nc1nc(Cl)nc2c1N=CC2C1[C@H]2CC[C@@]2(CO)[C@@H](O)[C@H]1O. The Balaban J connectivity index is 1.75. The van der Waals surface area contributed by atoms with Crippen molar-refractivity contribution in [3.8, 4) is 0 Å². The molecular weight excluding hydrogens is 308 g/mol. The van der Waals surface area contributed by atoms with Crippen LogP contribution in [0.4, 0.5) is 11.5 Å². The number of nitrogens with zero attached hydrogens (tertiary/aromatic N) is 3. The number of aliphatic imine (C=N–C) groups is 1. The van der Waals surface area contributed by atoms with Gasteiger partial charge >= 0.3 is 0 Å². The van der Waals surface area contributed by atoms with Gasteiger partial charge in [-0.1, -0.05) is 0 Å². The molecule has 5 N–H and O–H groups in total. The van der Waals surface area contributed by atoms with E-state index in [1.807, 2.05) is 0 Å². The zero-order chi connectivity index (χ0) is 15.6. The van der Waals surface area contributed by atoms with Crippen molar-refractivity contribution >= 4 is 29.3 Å². The second-order valence-electron chi connectivity index (χ2n) is 6.46. The van der Waals surface area contributed by atoms with Crippen molar-refractivity contribution in [1.82, 2.24) is 9.97 Å². The van der Waals surface area contributed by atoms with E-state index in [1.54, 1.807) is 6.21 Å². The Morgan fingerprint density at radius 2 is 2.14 bits per heavy atom. The fraction of sp³-hybridized carbons (Fsp3) is 0.643. The van der Waals surface area contributed by atoms with Crippen LogP contribution >= 0.6 is 11.6 Å². The second-order valence-corrected chi connectivity index (χ2v) is 6.80. The first-order valence-corrected chi connectivity index (χ1v) is 7.71. The van der Waals surface area contributed by atoms with Crippen LogP contribution < -0.4 is 5.73 Å². The first-order valence-electron chi connectivity index (χ1n) is 7.33. The van der Waals surface area contributed by atoms with Gasteiger partial charge in [0.2, 0.25) is 5.28 Å². The lowest BCUT2D eigenvalue weighted by Gasteiger charge is -2.47. The van der Waals surface area contributed by atoms with Gasteiger partial charge < -0.3 is 21.1 Å². The largest absolute Gasteiger partial charge is 0.396 e. The number of nitrogen functional groups attached to an aromatic ring is 1. The molecule has 0 spiro atoms. The molecule has 0 saturated heterocycles. The van der Waals surface area contributed by atoms with E-state index in [2.05, 4.69) is 15.0 Å². The fourth-order valence-electron chi connectivity index (χ4n) is 4.50. The van der Waals surface area contributed by atoms with Gasteiger partial charge in [0.25, 0.3) is 0 Å². The van der Waals surface area contributed by atoms with Gasteiger partial charge in [0.1, 0.15) is 5.69 Å². The summed E-state index contributed by atoms with van der Waals surface area (Å²) >= 11 is 5.89. The topological polar surface area (TPSA) is 125 Å². The van der Waals surface area contributed by atoms with Gasteiger partial charge in [0.05, 0.1) is 24.5 Å². The van der Waals surface area contributed by atoms with Crippen molar-refractivity contribution in [3.05, 3.63) is 11.0 Å². The molecule has 4 rings (SSSR count). The summed E-state index contributed by atoms with van der Waals surface area (Å²) in [7, 11) is 0. The lowest BCUT2D eigenvalue weighted by atomic mass is 9.58. The molecule has 3 aliphatic rings. The van der Waals surface area contributed by atoms with Gasteiger partial charge in [-0.3, -0.25) is 4.99 Å². The molecule has 118 valence electrons. The maximum atomic E-state index is 10.5. The summed E-state index contributed by atoms with van der Waals surface area (Å²) in [5.41, 5.74) is 6.29. The summed E-state index contributed by atoms with van der Waals surface area (Å²) in [6.45, 7) is -0.129. The summed E-state index contributed by atoms with van der Waals surface area (Å²) in [4.78, 5) is 12.4. The first-order chi connectivity index (χ1) is 10.5. The predicted octanol–water partition coefficient (Wildman–Crippen LogP) is 0.252. The van der Waals surface area contributed by atoms with Crippen molar-refractivity contribution in [1.29, 1.82) is 0 Å². The molecule has 0 aromatic carbocycles. The Morgan fingerprint density at radius 1 is 1.36 bits per heavy atom. The molecule has 0 bridgehead atoms. The highest BCUT2D eigenvalue weighted by Gasteiger charge is 2.65. The lowest BCUT2D eigenvalue weighted by molar-refractivity contribution is -0.0991. The van der Waals surface area contributed by atoms with Gasteiger partial charge in [0, 0.05) is 23.5 Å². The molecular formula is C14H17ClN4O3. The average molecular weight is 325 g/mol. The maximum Gasteiger partial charge on any atom is 0.224 e. The predicted molar refractivity (Wildman–Crippen MR) is 80.1 cm³/mol. The van der Waals surface area contributed by atoms with E-state index < -0.39 is 17.6 Å². The van der Waals surface area contributed by atoms with Crippen molar-refractivity contribution < 1.29 is 15.3 Å². The third-order valence-corrected chi connectivity index (χ3v) is 5.90. The first kappa shape index (κ1) is 14.3. The Bertz CT molecular complexity index is 666. The van der Waals surface area contributed by atoms with Crippen LogP contribution in [0.5, 0.6) is 0 Å². The summed E-state index contributed by atoms with van der Waals surface area (Å²) in [6, 6.07) is 0. The van der Waals surface area contributed by atoms with Crippen molar-refractivity contribution in [3.63, 3.8) is 0 Å². The Hall–Kier alpha value is -1.28. The molecule has 2 aliphatic carbocycles. The molecule has 22 heavy (non-hydrogen) atoms. The van der Waals surface area contributed by atoms with E-state index in [1.165, 1.54) is 0 Å². The number of aliphatic hydroxyl groups excluding tert-OH is 3. The third-order valence-electron chi connectivity index (χ3n) is 5.73. The number of anilines is 1. The number of fused-ring (bicyclic) bond motifs is 2. The zero-order valence-corrected chi connectivity index (χ0v) is 12.5. The molecule has 2 fully saturated rings. The summed E-state index contributed by atoms with van der Waals surface area (Å²) in [5.74, 6) is -0.295. The molecule has 7 nitrogen and oxygen atoms in total. The molecule has 8 heteroatoms. The molecule has 2 heterocycles. The normalized spacial score (nSPS) is 42.1. The average Bonchev–Trinajstić information content (AvgIpc) is 2.92. The summed E-state index contributed by atoms with van der Waals surface area (Å²) in [5, 5.41) is 30.7. The van der Waals surface area contributed by atoms with Gasteiger partial charge in [-0.15, -0.1) is 0 Å². The second kappa shape index (κ2) is 4.61. The summed E-state index contributed by atoms with van der Waals surface area (Å²) < 4.78 is 0. The Kier molecular flexibility index (Phi) is 3.00. The van der Waals surface area contributed by atoms with Gasteiger partial charge in [-0.05, 0) is 30.4 Å². The quantitative estimate of drug-likeness (QED) is 0.578. The van der Waals surface area contributed by atoms with Gasteiger partial charge in [0.15, 0.2) is 5.82 Å². The van der Waals surface area contributed by atoms with Crippen LogP contribution in [0, 0.1) is 17.3 Å². The van der Waals surface area contributed by atoms with E-state index in [0.717, 1.165) is 6.42 Å². The van der Waals surface area contributed by atoms with Crippen LogP contribution in [0.3, 0.4) is 0 Å². The molecule has 1 aromatic rings. The molecule has 0 radical (unpaired) electrons. The van der Waals surface area contributed by atoms with E-state index in [9.17, 15) is 15.3 Å². The van der Waals surface area contributed by atoms with E-state index >= 15 is 0 Å². The number of aliphatic hydroxyl groups is 3. The van der Waals surface area contributed by atoms with Crippen LogP contribution in [-0.2, 0) is 0 Å². The number of halogens is 1. The van der Waals surface area contributed by atoms with Crippen molar-refractivity contribution in [2.24, 2.45) is 22.2 Å². The van der Waals surface area contributed by atoms with Crippen molar-refractivity contribution in [2.75, 3.05) is 12.3 Å². The highest BCUT2D eigenvalue weighted by Crippen LogP contribution is 2.63. The minimum atomic E-state index is -0.937. The van der Waals surface area contributed by atoms with Gasteiger partial charge in [-0.2, -0.15) is 4.98 Å². The maximum absolute atomic E-state index is 10.5. The lowest BCUT2D eigenvalue weighted by Crippen LogP contribution is -2.48. The van der Waals surface area contributed by atoms with Crippen LogP contribution in [0.15, 0.2) is 4.99 Å². The highest BCUT2D eigenvalue weighted by molar-refractivity contribution is 6.28. The Labute approximate surface area is 131 Å². The molecule has 2 saturated carbocycles. The standard InChI is InChI=1S/C14H17ClN4O3/c15-13-18-8-5(3-17-9(8)12(16)19-13)7-6-1-2-14(6,4-20)11(22)10(7)21/h3,5-7,10-11,20-22H,1-2,4H2,(H2,16,18,19)/t5?,6-,7?,10+,11+,14+/m1/s1. The van der Waals surface area contributed by atoms with Crippen molar-refractivity contribution in [2.45, 2.75) is 31.0 Å². The highest BCUT2D eigenvalue weighted by atomic mass is 35.5. The number of aromatic nitrogens is 2. The number of nitrogens with two attached hydrogens (primary N) is 1. The molecule has 1 aliphatic heterocycles. The number of hydrogen-bond acceptors (Lipinski definition) is 7. The van der Waals surface area contributed by atoms with E-state index in [-0.39, 0.29) is 35.5 Å². The molecule has 1 aromatic heterocycles. The number of rotatable bonds is 2. The number of hydrogen-bond donors (Lipinski definition) is 4. The molecule has 2 unspecified atom stereocenters. The summed E-state index contributed by atoms with van der Waals surface area (Å²) in [6.07, 6.45) is 1.39. The van der Waals surface area contributed by atoms with E-state index in [4.69, 9.17) is 17.3 Å².